The van der Waals surface area contributed by atoms with E-state index in [2.05, 4.69) is 5.10 Å². The first kappa shape index (κ1) is 10.6. The molecular weight excluding hydrogens is 184 g/mol. The van der Waals surface area contributed by atoms with Crippen molar-refractivity contribution in [2.45, 2.75) is 32.9 Å². The molecule has 1 aromatic rings. The summed E-state index contributed by atoms with van der Waals surface area (Å²) in [7, 11) is 0. The van der Waals surface area contributed by atoms with Gasteiger partial charge in [0.2, 0.25) is 0 Å². The normalized spacial score (nSPS) is 12.4. The Balaban J connectivity index is 2.47. The van der Waals surface area contributed by atoms with E-state index in [1.54, 1.807) is 24.0 Å². The summed E-state index contributed by atoms with van der Waals surface area (Å²) in [4.78, 5) is 10.4. The second-order valence-electron chi connectivity index (χ2n) is 3.06. The third kappa shape index (κ3) is 3.08. The Morgan fingerprint density at radius 1 is 1.79 bits per heavy atom. The zero-order chi connectivity index (χ0) is 10.6. The van der Waals surface area contributed by atoms with E-state index in [1.165, 1.54) is 0 Å². The largest absolute Gasteiger partial charge is 0.487 e. The van der Waals surface area contributed by atoms with Crippen LogP contribution < -0.4 is 4.74 Å². The highest BCUT2D eigenvalue weighted by Crippen LogP contribution is 2.11. The van der Waals surface area contributed by atoms with Gasteiger partial charge in [0.15, 0.2) is 5.75 Å². The Morgan fingerprint density at radius 3 is 3.00 bits per heavy atom. The first-order valence-electron chi connectivity index (χ1n) is 4.52. The van der Waals surface area contributed by atoms with Crippen molar-refractivity contribution in [3.8, 4) is 5.75 Å². The second-order valence-corrected chi connectivity index (χ2v) is 3.06. The van der Waals surface area contributed by atoms with E-state index in [0.29, 0.717) is 5.75 Å². The van der Waals surface area contributed by atoms with Crippen LogP contribution in [0, 0.1) is 0 Å². The van der Waals surface area contributed by atoms with Gasteiger partial charge >= 0.3 is 5.97 Å². The highest BCUT2D eigenvalue weighted by molar-refractivity contribution is 5.67. The number of aliphatic carboxylic acids is 1. The maximum atomic E-state index is 10.4. The van der Waals surface area contributed by atoms with Crippen LogP contribution >= 0.6 is 0 Å². The molecule has 0 saturated carbocycles. The van der Waals surface area contributed by atoms with Gasteiger partial charge in [-0.2, -0.15) is 5.10 Å². The third-order valence-electron chi connectivity index (χ3n) is 1.73. The fourth-order valence-electron chi connectivity index (χ4n) is 1.10. The molecule has 1 rings (SSSR count). The van der Waals surface area contributed by atoms with Crippen molar-refractivity contribution in [2.24, 2.45) is 0 Å². The Kier molecular flexibility index (Phi) is 3.50. The van der Waals surface area contributed by atoms with Gasteiger partial charge in [0.25, 0.3) is 0 Å². The monoisotopic (exact) mass is 198 g/mol. The number of aromatic nitrogens is 2. The molecule has 5 heteroatoms. The lowest BCUT2D eigenvalue weighted by Crippen LogP contribution is -2.16. The maximum Gasteiger partial charge on any atom is 0.307 e. The van der Waals surface area contributed by atoms with Gasteiger partial charge in [-0.25, -0.2) is 0 Å². The summed E-state index contributed by atoms with van der Waals surface area (Å²) in [5.74, 6) is -0.249. The molecule has 0 spiro atoms. The Morgan fingerprint density at radius 2 is 2.50 bits per heavy atom. The van der Waals surface area contributed by atoms with E-state index in [0.717, 1.165) is 6.54 Å². The summed E-state index contributed by atoms with van der Waals surface area (Å²) in [6.45, 7) is 4.46. The van der Waals surface area contributed by atoms with Crippen LogP contribution in [0.25, 0.3) is 0 Å². The van der Waals surface area contributed by atoms with Gasteiger partial charge in [-0.3, -0.25) is 9.48 Å². The standard InChI is InChI=1S/C9H14N2O3/c1-3-11-6-8(5-10-11)14-7(2)4-9(12)13/h5-7H,3-4H2,1-2H3,(H,12,13)/t7-/m1/s1. The summed E-state index contributed by atoms with van der Waals surface area (Å²) in [5.41, 5.74) is 0. The summed E-state index contributed by atoms with van der Waals surface area (Å²) in [6, 6.07) is 0. The van der Waals surface area contributed by atoms with Crippen LogP contribution in [0.1, 0.15) is 20.3 Å². The fourth-order valence-corrected chi connectivity index (χ4v) is 1.10. The molecule has 0 aliphatic rings. The van der Waals surface area contributed by atoms with Crippen LogP contribution in [0.3, 0.4) is 0 Å². The first-order valence-corrected chi connectivity index (χ1v) is 4.52. The third-order valence-corrected chi connectivity index (χ3v) is 1.73. The summed E-state index contributed by atoms with van der Waals surface area (Å²) in [5, 5.41) is 12.5. The second kappa shape index (κ2) is 4.64. The summed E-state index contributed by atoms with van der Waals surface area (Å²) >= 11 is 0. The zero-order valence-corrected chi connectivity index (χ0v) is 8.30. The van der Waals surface area contributed by atoms with Crippen molar-refractivity contribution in [1.29, 1.82) is 0 Å². The Hall–Kier alpha value is -1.52. The minimum Gasteiger partial charge on any atom is -0.487 e. The SMILES string of the molecule is CCn1cc(O[C@H](C)CC(=O)O)cn1. The van der Waals surface area contributed by atoms with Crippen molar-refractivity contribution in [3.63, 3.8) is 0 Å². The highest BCUT2D eigenvalue weighted by atomic mass is 16.5. The van der Waals surface area contributed by atoms with Gasteiger partial charge in [-0.05, 0) is 13.8 Å². The maximum absolute atomic E-state index is 10.4. The molecule has 0 aliphatic carbocycles. The smallest absolute Gasteiger partial charge is 0.307 e. The van der Waals surface area contributed by atoms with Crippen molar-refractivity contribution in [3.05, 3.63) is 12.4 Å². The van der Waals surface area contributed by atoms with Crippen molar-refractivity contribution in [1.82, 2.24) is 9.78 Å². The quantitative estimate of drug-likeness (QED) is 0.770. The van der Waals surface area contributed by atoms with E-state index < -0.39 is 5.97 Å². The number of carbonyl (C=O) groups is 1. The first-order chi connectivity index (χ1) is 6.61. The number of nitrogens with zero attached hydrogens (tertiary/aromatic N) is 2. The minimum absolute atomic E-state index is 0.00267. The molecule has 5 nitrogen and oxygen atoms in total. The number of rotatable bonds is 5. The Labute approximate surface area is 82.3 Å². The van der Waals surface area contributed by atoms with E-state index in [9.17, 15) is 4.79 Å². The molecule has 0 saturated heterocycles. The van der Waals surface area contributed by atoms with Crippen LogP contribution in [0.4, 0.5) is 0 Å². The Bertz CT molecular complexity index is 309. The number of hydrogen-bond acceptors (Lipinski definition) is 3. The van der Waals surface area contributed by atoms with Gasteiger partial charge in [0, 0.05) is 6.54 Å². The number of ether oxygens (including phenoxy) is 1. The minimum atomic E-state index is -0.861. The zero-order valence-electron chi connectivity index (χ0n) is 8.30. The molecule has 0 bridgehead atoms. The van der Waals surface area contributed by atoms with Crippen LogP contribution in [-0.2, 0) is 11.3 Å². The molecule has 14 heavy (non-hydrogen) atoms. The molecule has 1 atom stereocenters. The summed E-state index contributed by atoms with van der Waals surface area (Å²) in [6.07, 6.45) is 3.00. The van der Waals surface area contributed by atoms with Gasteiger partial charge < -0.3 is 9.84 Å². The number of carboxylic acid groups (broad SMARTS) is 1. The molecule has 1 heterocycles. The van der Waals surface area contributed by atoms with Crippen molar-refractivity contribution in [2.75, 3.05) is 0 Å². The van der Waals surface area contributed by atoms with E-state index in [1.807, 2.05) is 6.92 Å². The fraction of sp³-hybridized carbons (Fsp3) is 0.556. The number of aryl methyl sites for hydroxylation is 1. The predicted molar refractivity (Wildman–Crippen MR) is 50.2 cm³/mol. The van der Waals surface area contributed by atoms with Crippen LogP contribution in [0.15, 0.2) is 12.4 Å². The average molecular weight is 198 g/mol. The molecule has 1 N–H and O–H groups in total. The lowest BCUT2D eigenvalue weighted by atomic mass is 10.3. The number of carboxylic acids is 1. The predicted octanol–water partition coefficient (Wildman–Crippen LogP) is 1.15. The molecule has 78 valence electrons. The lowest BCUT2D eigenvalue weighted by Gasteiger charge is -2.09. The van der Waals surface area contributed by atoms with Gasteiger partial charge in [0.1, 0.15) is 6.10 Å². The van der Waals surface area contributed by atoms with Crippen molar-refractivity contribution < 1.29 is 14.6 Å². The van der Waals surface area contributed by atoms with Crippen LogP contribution in [0.2, 0.25) is 0 Å². The molecule has 0 unspecified atom stereocenters. The van der Waals surface area contributed by atoms with E-state index in [-0.39, 0.29) is 12.5 Å². The van der Waals surface area contributed by atoms with E-state index in [4.69, 9.17) is 9.84 Å². The number of hydrogen-bond donors (Lipinski definition) is 1. The molecule has 0 radical (unpaired) electrons. The van der Waals surface area contributed by atoms with Gasteiger partial charge in [0.05, 0.1) is 18.8 Å². The van der Waals surface area contributed by atoms with Gasteiger partial charge in [-0.15, -0.1) is 0 Å². The molecule has 1 aromatic heterocycles. The molecule has 0 amide bonds. The van der Waals surface area contributed by atoms with E-state index >= 15 is 0 Å². The summed E-state index contributed by atoms with van der Waals surface area (Å²) < 4.78 is 7.07. The molecule has 0 fully saturated rings. The molecule has 0 aromatic carbocycles. The van der Waals surface area contributed by atoms with Gasteiger partial charge in [-0.1, -0.05) is 0 Å². The van der Waals surface area contributed by atoms with Crippen LogP contribution in [-0.4, -0.2) is 27.0 Å². The molecular formula is C9H14N2O3. The van der Waals surface area contributed by atoms with Crippen molar-refractivity contribution >= 4 is 5.97 Å². The highest BCUT2D eigenvalue weighted by Gasteiger charge is 2.09. The topological polar surface area (TPSA) is 64.3 Å². The van der Waals surface area contributed by atoms with Crippen LogP contribution in [0.5, 0.6) is 5.75 Å². The lowest BCUT2D eigenvalue weighted by molar-refractivity contribution is -0.138. The average Bonchev–Trinajstić information content (AvgIpc) is 2.50. The molecule has 0 aliphatic heterocycles.